The summed E-state index contributed by atoms with van der Waals surface area (Å²) in [6, 6.07) is 13.1. The molecule has 7 heteroatoms. The van der Waals surface area contributed by atoms with Crippen molar-refractivity contribution in [2.75, 3.05) is 6.61 Å². The molecule has 0 atom stereocenters. The number of hydrogen-bond donors (Lipinski definition) is 2. The van der Waals surface area contributed by atoms with E-state index in [1.807, 2.05) is 0 Å². The van der Waals surface area contributed by atoms with Crippen molar-refractivity contribution in [2.24, 2.45) is 5.10 Å². The van der Waals surface area contributed by atoms with Crippen LogP contribution in [0.15, 0.2) is 53.6 Å². The lowest BCUT2D eigenvalue weighted by molar-refractivity contribution is -0.139. The van der Waals surface area contributed by atoms with Crippen LogP contribution in [0.3, 0.4) is 0 Å². The molecule has 2 aromatic rings. The maximum atomic E-state index is 11.9. The molecule has 0 saturated carbocycles. The fourth-order valence-corrected chi connectivity index (χ4v) is 1.81. The Morgan fingerprint density at radius 3 is 2.57 bits per heavy atom. The molecular weight excluding hydrogens is 320 g/mol. The second kappa shape index (κ2) is 7.95. The monoisotopic (exact) mass is 332 g/mol. The third-order valence-electron chi connectivity index (χ3n) is 2.75. The predicted molar refractivity (Wildman–Crippen MR) is 86.1 cm³/mol. The third kappa shape index (κ3) is 5.12. The number of halogens is 1. The summed E-state index contributed by atoms with van der Waals surface area (Å²) in [5.41, 5.74) is 3.34. The molecule has 118 valence electrons. The van der Waals surface area contributed by atoms with Gasteiger partial charge < -0.3 is 9.84 Å². The Labute approximate surface area is 137 Å². The number of benzene rings is 2. The number of carboxylic acid groups (broad SMARTS) is 1. The topological polar surface area (TPSA) is 88.0 Å². The normalized spacial score (nSPS) is 10.5. The highest BCUT2D eigenvalue weighted by Gasteiger charge is 2.05. The Kier molecular flexibility index (Phi) is 5.71. The summed E-state index contributed by atoms with van der Waals surface area (Å²) in [6.45, 7) is -0.456. The summed E-state index contributed by atoms with van der Waals surface area (Å²) in [6.07, 6.45) is 1.38. The van der Waals surface area contributed by atoms with Crippen molar-refractivity contribution < 1.29 is 19.4 Å². The number of amides is 1. The van der Waals surface area contributed by atoms with Crippen LogP contribution in [0, 0.1) is 0 Å². The summed E-state index contributed by atoms with van der Waals surface area (Å²) in [5.74, 6) is -1.10. The van der Waals surface area contributed by atoms with E-state index in [0.29, 0.717) is 21.9 Å². The number of aliphatic carboxylic acids is 1. The molecule has 0 heterocycles. The van der Waals surface area contributed by atoms with Crippen LogP contribution >= 0.6 is 11.6 Å². The van der Waals surface area contributed by atoms with Gasteiger partial charge in [0.1, 0.15) is 5.75 Å². The van der Waals surface area contributed by atoms with Crippen LogP contribution in [0.2, 0.25) is 5.02 Å². The van der Waals surface area contributed by atoms with Gasteiger partial charge >= 0.3 is 5.97 Å². The molecule has 6 nitrogen and oxygen atoms in total. The van der Waals surface area contributed by atoms with E-state index in [1.54, 1.807) is 48.5 Å². The highest BCUT2D eigenvalue weighted by Crippen LogP contribution is 2.15. The number of hydrazone groups is 1. The van der Waals surface area contributed by atoms with Crippen molar-refractivity contribution in [1.82, 2.24) is 5.43 Å². The minimum atomic E-state index is -1.08. The van der Waals surface area contributed by atoms with Crippen LogP contribution in [0.1, 0.15) is 15.9 Å². The lowest BCUT2D eigenvalue weighted by Crippen LogP contribution is -2.17. The second-order valence-corrected chi connectivity index (χ2v) is 4.86. The van der Waals surface area contributed by atoms with Gasteiger partial charge in [0.05, 0.1) is 6.21 Å². The zero-order valence-electron chi connectivity index (χ0n) is 11.9. The van der Waals surface area contributed by atoms with Gasteiger partial charge in [-0.05, 0) is 36.4 Å². The van der Waals surface area contributed by atoms with Gasteiger partial charge in [0.15, 0.2) is 6.61 Å². The minimum absolute atomic E-state index is 0.361. The van der Waals surface area contributed by atoms with Crippen molar-refractivity contribution in [1.29, 1.82) is 0 Å². The van der Waals surface area contributed by atoms with Gasteiger partial charge in [0, 0.05) is 16.1 Å². The average molecular weight is 333 g/mol. The number of hydrogen-bond acceptors (Lipinski definition) is 4. The molecule has 1 amide bonds. The first kappa shape index (κ1) is 16.5. The van der Waals surface area contributed by atoms with Crippen molar-refractivity contribution >= 4 is 29.7 Å². The lowest BCUT2D eigenvalue weighted by Gasteiger charge is -2.06. The maximum Gasteiger partial charge on any atom is 0.341 e. The van der Waals surface area contributed by atoms with E-state index in [2.05, 4.69) is 10.5 Å². The van der Waals surface area contributed by atoms with E-state index < -0.39 is 12.6 Å². The largest absolute Gasteiger partial charge is 0.481 e. The van der Waals surface area contributed by atoms with Gasteiger partial charge in [-0.25, -0.2) is 10.2 Å². The molecule has 0 saturated heterocycles. The minimum Gasteiger partial charge on any atom is -0.481 e. The Hall–Kier alpha value is -2.86. The molecule has 0 spiro atoms. The zero-order valence-corrected chi connectivity index (χ0v) is 12.7. The maximum absolute atomic E-state index is 11.9. The summed E-state index contributed by atoms with van der Waals surface area (Å²) in [4.78, 5) is 22.4. The molecule has 0 aliphatic heterocycles. The first-order valence-corrected chi connectivity index (χ1v) is 6.96. The van der Waals surface area contributed by atoms with Crippen molar-refractivity contribution in [3.63, 3.8) is 0 Å². The standard InChI is InChI=1S/C16H13ClN2O4/c17-13-7-5-11(6-8-13)16(22)19-18-9-12-3-1-2-4-14(12)23-10-15(20)21/h1-9H,10H2,(H,19,22)(H,20,21)/b18-9-. The first-order valence-electron chi connectivity index (χ1n) is 6.59. The number of nitrogens with one attached hydrogen (secondary N) is 1. The van der Waals surface area contributed by atoms with Crippen molar-refractivity contribution in [2.45, 2.75) is 0 Å². The summed E-state index contributed by atoms with van der Waals surface area (Å²) >= 11 is 5.75. The highest BCUT2D eigenvalue weighted by molar-refractivity contribution is 6.30. The van der Waals surface area contributed by atoms with E-state index in [0.717, 1.165) is 0 Å². The third-order valence-corrected chi connectivity index (χ3v) is 3.00. The highest BCUT2D eigenvalue weighted by atomic mass is 35.5. The molecule has 0 aliphatic carbocycles. The molecule has 2 aromatic carbocycles. The number of rotatable bonds is 6. The summed E-state index contributed by atoms with van der Waals surface area (Å²) in [7, 11) is 0. The van der Waals surface area contributed by atoms with Gasteiger partial charge in [0.25, 0.3) is 5.91 Å². The molecule has 0 radical (unpaired) electrons. The number of carbonyl (C=O) groups is 2. The fourth-order valence-electron chi connectivity index (χ4n) is 1.68. The number of ether oxygens (including phenoxy) is 1. The zero-order chi connectivity index (χ0) is 16.7. The second-order valence-electron chi connectivity index (χ2n) is 4.43. The van der Waals surface area contributed by atoms with E-state index in [4.69, 9.17) is 21.4 Å². The Morgan fingerprint density at radius 2 is 1.87 bits per heavy atom. The summed E-state index contributed by atoms with van der Waals surface area (Å²) in [5, 5.41) is 13.0. The van der Waals surface area contributed by atoms with Crippen LogP contribution < -0.4 is 10.2 Å². The van der Waals surface area contributed by atoms with Gasteiger partial charge in [-0.3, -0.25) is 4.79 Å². The van der Waals surface area contributed by atoms with Crippen LogP contribution in [0.25, 0.3) is 0 Å². The molecular formula is C16H13ClN2O4. The molecule has 0 aliphatic rings. The first-order chi connectivity index (χ1) is 11.1. The molecule has 2 N–H and O–H groups in total. The molecule has 0 unspecified atom stereocenters. The van der Waals surface area contributed by atoms with Gasteiger partial charge in [0.2, 0.25) is 0 Å². The molecule has 0 aromatic heterocycles. The Morgan fingerprint density at radius 1 is 1.17 bits per heavy atom. The molecule has 0 fully saturated rings. The SMILES string of the molecule is O=C(O)COc1ccccc1/C=N\NC(=O)c1ccc(Cl)cc1. The number of nitrogens with zero attached hydrogens (tertiary/aromatic N) is 1. The van der Waals surface area contributed by atoms with Gasteiger partial charge in [-0.1, -0.05) is 23.7 Å². The van der Waals surface area contributed by atoms with E-state index in [9.17, 15) is 9.59 Å². The van der Waals surface area contributed by atoms with Gasteiger partial charge in [-0.15, -0.1) is 0 Å². The smallest absolute Gasteiger partial charge is 0.341 e. The molecule has 23 heavy (non-hydrogen) atoms. The van der Waals surface area contributed by atoms with E-state index in [-0.39, 0.29) is 5.91 Å². The van der Waals surface area contributed by atoms with Crippen LogP contribution in [-0.2, 0) is 4.79 Å². The fraction of sp³-hybridized carbons (Fsp3) is 0.0625. The average Bonchev–Trinajstić information content (AvgIpc) is 2.54. The van der Waals surface area contributed by atoms with Crippen LogP contribution in [0.5, 0.6) is 5.75 Å². The number of carbonyl (C=O) groups excluding carboxylic acids is 1. The van der Waals surface area contributed by atoms with Crippen molar-refractivity contribution in [3.05, 3.63) is 64.7 Å². The predicted octanol–water partition coefficient (Wildman–Crippen LogP) is 2.57. The van der Waals surface area contributed by atoms with Crippen molar-refractivity contribution in [3.8, 4) is 5.75 Å². The summed E-state index contributed by atoms with van der Waals surface area (Å²) < 4.78 is 5.14. The Bertz CT molecular complexity index is 729. The molecule has 2 rings (SSSR count). The molecule has 0 bridgehead atoms. The quantitative estimate of drug-likeness (QED) is 0.628. The number of para-hydroxylation sites is 1. The Balaban J connectivity index is 2.01. The van der Waals surface area contributed by atoms with E-state index >= 15 is 0 Å². The van der Waals surface area contributed by atoms with Crippen LogP contribution in [-0.4, -0.2) is 29.8 Å². The number of carboxylic acids is 1. The van der Waals surface area contributed by atoms with Crippen LogP contribution in [0.4, 0.5) is 0 Å². The van der Waals surface area contributed by atoms with Gasteiger partial charge in [-0.2, -0.15) is 5.10 Å². The van der Waals surface area contributed by atoms with E-state index in [1.165, 1.54) is 6.21 Å². The lowest BCUT2D eigenvalue weighted by atomic mass is 10.2.